The summed E-state index contributed by atoms with van der Waals surface area (Å²) in [4.78, 5) is 21.1. The van der Waals surface area contributed by atoms with Gasteiger partial charge in [-0.3, -0.25) is 9.80 Å². The summed E-state index contributed by atoms with van der Waals surface area (Å²) in [6.07, 6.45) is 3.97. The van der Waals surface area contributed by atoms with Crippen molar-refractivity contribution in [1.29, 1.82) is 0 Å². The van der Waals surface area contributed by atoms with Gasteiger partial charge < -0.3 is 4.74 Å². The number of anilines is 1. The van der Waals surface area contributed by atoms with E-state index in [4.69, 9.17) is 4.74 Å². The van der Waals surface area contributed by atoms with Gasteiger partial charge in [0.05, 0.1) is 0 Å². The van der Waals surface area contributed by atoms with Gasteiger partial charge in [0, 0.05) is 18.3 Å². The molecule has 1 atom stereocenters. The van der Waals surface area contributed by atoms with Gasteiger partial charge >= 0.3 is 6.09 Å². The summed E-state index contributed by atoms with van der Waals surface area (Å²) in [7, 11) is 0. The Kier molecular flexibility index (Phi) is 5.86. The van der Waals surface area contributed by atoms with E-state index in [0.717, 1.165) is 13.1 Å². The molecule has 5 nitrogen and oxygen atoms in total. The molecule has 1 fully saturated rings. The lowest BCUT2D eigenvalue weighted by atomic mass is 10.1. The summed E-state index contributed by atoms with van der Waals surface area (Å²) in [6.45, 7) is 14.0. The molecular formula is C19H31N3O2. The van der Waals surface area contributed by atoms with E-state index in [1.165, 1.54) is 18.4 Å². The Morgan fingerprint density at radius 2 is 2.12 bits per heavy atom. The molecule has 0 aromatic carbocycles. The summed E-state index contributed by atoms with van der Waals surface area (Å²) in [5, 5.41) is 0. The number of carbonyl (C=O) groups excluding carboxylic acids is 1. The maximum Gasteiger partial charge on any atom is 0.416 e. The van der Waals surface area contributed by atoms with Crippen LogP contribution in [0.15, 0.2) is 18.3 Å². The van der Waals surface area contributed by atoms with Crippen molar-refractivity contribution in [3.63, 3.8) is 0 Å². The minimum atomic E-state index is -0.518. The van der Waals surface area contributed by atoms with Gasteiger partial charge in [0.15, 0.2) is 0 Å². The summed E-state index contributed by atoms with van der Waals surface area (Å²) in [6, 6.07) is 4.47. The smallest absolute Gasteiger partial charge is 0.416 e. The van der Waals surface area contributed by atoms with Crippen LogP contribution in [0.2, 0.25) is 0 Å². The third-order valence-electron chi connectivity index (χ3n) is 4.28. The molecule has 0 unspecified atom stereocenters. The van der Waals surface area contributed by atoms with Gasteiger partial charge in [-0.25, -0.2) is 9.78 Å². The fourth-order valence-electron chi connectivity index (χ4n) is 3.20. The van der Waals surface area contributed by atoms with Gasteiger partial charge in [0.2, 0.25) is 0 Å². The quantitative estimate of drug-likeness (QED) is 0.820. The van der Waals surface area contributed by atoms with Crippen molar-refractivity contribution in [2.75, 3.05) is 18.0 Å². The van der Waals surface area contributed by atoms with E-state index in [0.29, 0.717) is 11.9 Å². The predicted molar refractivity (Wildman–Crippen MR) is 97.3 cm³/mol. The van der Waals surface area contributed by atoms with Gasteiger partial charge in [-0.05, 0) is 72.2 Å². The minimum Gasteiger partial charge on any atom is -0.443 e. The molecule has 0 bridgehead atoms. The fraction of sp³-hybridized carbons (Fsp3) is 0.684. The third kappa shape index (κ3) is 4.47. The van der Waals surface area contributed by atoms with Crippen LogP contribution in [0.4, 0.5) is 10.6 Å². The normalized spacial score (nSPS) is 18.9. The van der Waals surface area contributed by atoms with Crippen molar-refractivity contribution in [2.24, 2.45) is 0 Å². The first-order valence-electron chi connectivity index (χ1n) is 8.95. The maximum atomic E-state index is 12.5. The average molecular weight is 333 g/mol. The summed E-state index contributed by atoms with van der Waals surface area (Å²) in [5.74, 6) is 0.643. The minimum absolute atomic E-state index is 0.0168. The number of pyridine rings is 1. The molecule has 0 aliphatic carbocycles. The Labute approximate surface area is 146 Å². The van der Waals surface area contributed by atoms with Crippen molar-refractivity contribution in [3.8, 4) is 0 Å². The molecule has 1 saturated heterocycles. The molecule has 0 spiro atoms. The summed E-state index contributed by atoms with van der Waals surface area (Å²) >= 11 is 0. The van der Waals surface area contributed by atoms with E-state index in [1.807, 2.05) is 46.9 Å². The lowest BCUT2D eigenvalue weighted by Gasteiger charge is -2.29. The number of carbonyl (C=O) groups is 1. The number of ether oxygens (including phenoxy) is 1. The molecule has 1 aromatic rings. The Balaban J connectivity index is 2.18. The second kappa shape index (κ2) is 7.51. The highest BCUT2D eigenvalue weighted by atomic mass is 16.6. The Hall–Kier alpha value is -1.62. The lowest BCUT2D eigenvalue weighted by molar-refractivity contribution is 0.0569. The van der Waals surface area contributed by atoms with Gasteiger partial charge in [-0.2, -0.15) is 0 Å². The van der Waals surface area contributed by atoms with Crippen LogP contribution in [0.25, 0.3) is 0 Å². The molecule has 1 aliphatic rings. The molecular weight excluding hydrogens is 302 g/mol. The monoisotopic (exact) mass is 333 g/mol. The Morgan fingerprint density at radius 1 is 1.42 bits per heavy atom. The molecule has 0 N–H and O–H groups in total. The molecule has 1 aromatic heterocycles. The van der Waals surface area contributed by atoms with Gasteiger partial charge in [-0.15, -0.1) is 0 Å². The zero-order valence-electron chi connectivity index (χ0n) is 15.9. The first-order chi connectivity index (χ1) is 11.2. The molecule has 2 heterocycles. The number of rotatable bonds is 4. The first-order valence-corrected chi connectivity index (χ1v) is 8.95. The maximum absolute atomic E-state index is 12.5. The van der Waals surface area contributed by atoms with Crippen LogP contribution in [0.3, 0.4) is 0 Å². The zero-order chi connectivity index (χ0) is 17.9. The molecule has 5 heteroatoms. The number of amides is 1. The van der Waals surface area contributed by atoms with E-state index in [2.05, 4.69) is 22.9 Å². The van der Waals surface area contributed by atoms with E-state index in [-0.39, 0.29) is 12.1 Å². The number of aromatic nitrogens is 1. The molecule has 0 saturated carbocycles. The number of hydrogen-bond donors (Lipinski definition) is 0. The van der Waals surface area contributed by atoms with E-state index in [9.17, 15) is 4.79 Å². The van der Waals surface area contributed by atoms with Crippen LogP contribution in [0.1, 0.15) is 66.0 Å². The second-order valence-electron chi connectivity index (χ2n) is 7.68. The van der Waals surface area contributed by atoms with Gasteiger partial charge in [0.25, 0.3) is 0 Å². The summed E-state index contributed by atoms with van der Waals surface area (Å²) < 4.78 is 5.52. The number of hydrogen-bond acceptors (Lipinski definition) is 4. The van der Waals surface area contributed by atoms with Crippen molar-refractivity contribution in [3.05, 3.63) is 23.9 Å². The largest absolute Gasteiger partial charge is 0.443 e. The van der Waals surface area contributed by atoms with E-state index in [1.54, 1.807) is 4.90 Å². The SMILES string of the molecule is CCN1CCC[C@@H]1c1ccc(N(C(=O)OC(C)(C)C)C(C)C)nc1. The molecule has 1 amide bonds. The topological polar surface area (TPSA) is 45.7 Å². The van der Waals surface area contributed by atoms with Gasteiger partial charge in [0.1, 0.15) is 11.4 Å². The highest BCUT2D eigenvalue weighted by Gasteiger charge is 2.28. The average Bonchev–Trinajstić information content (AvgIpc) is 2.94. The van der Waals surface area contributed by atoms with Crippen LogP contribution in [-0.2, 0) is 4.74 Å². The first kappa shape index (κ1) is 18.7. The fourth-order valence-corrected chi connectivity index (χ4v) is 3.20. The molecule has 2 rings (SSSR count). The molecule has 134 valence electrons. The zero-order valence-corrected chi connectivity index (χ0v) is 15.9. The summed E-state index contributed by atoms with van der Waals surface area (Å²) in [5.41, 5.74) is 0.710. The highest BCUT2D eigenvalue weighted by molar-refractivity contribution is 5.87. The lowest BCUT2D eigenvalue weighted by Crippen LogP contribution is -2.41. The van der Waals surface area contributed by atoms with E-state index < -0.39 is 5.60 Å². The number of nitrogens with zero attached hydrogens (tertiary/aromatic N) is 3. The Morgan fingerprint density at radius 3 is 2.62 bits per heavy atom. The second-order valence-corrected chi connectivity index (χ2v) is 7.68. The van der Waals surface area contributed by atoms with Crippen molar-refractivity contribution < 1.29 is 9.53 Å². The molecule has 0 radical (unpaired) electrons. The van der Waals surface area contributed by atoms with Crippen molar-refractivity contribution in [1.82, 2.24) is 9.88 Å². The van der Waals surface area contributed by atoms with Gasteiger partial charge in [-0.1, -0.05) is 13.0 Å². The van der Waals surface area contributed by atoms with E-state index >= 15 is 0 Å². The number of likely N-dealkylation sites (tertiary alicyclic amines) is 1. The van der Waals surface area contributed by atoms with Crippen LogP contribution in [0.5, 0.6) is 0 Å². The highest BCUT2D eigenvalue weighted by Crippen LogP contribution is 2.32. The Bertz CT molecular complexity index is 549. The molecule has 24 heavy (non-hydrogen) atoms. The van der Waals surface area contributed by atoms with Crippen LogP contribution >= 0.6 is 0 Å². The third-order valence-corrected chi connectivity index (χ3v) is 4.28. The molecule has 1 aliphatic heterocycles. The van der Waals surface area contributed by atoms with Crippen molar-refractivity contribution in [2.45, 2.75) is 72.1 Å². The van der Waals surface area contributed by atoms with Crippen molar-refractivity contribution >= 4 is 11.9 Å². The van der Waals surface area contributed by atoms with Crippen LogP contribution in [0, 0.1) is 0 Å². The standard InChI is InChI=1S/C19H31N3O2/c1-7-21-12-8-9-16(21)15-10-11-17(20-13-15)22(14(2)3)18(23)24-19(4,5)6/h10-11,13-14,16H,7-9,12H2,1-6H3/t16-/m1/s1. The van der Waals surface area contributed by atoms with Crippen LogP contribution < -0.4 is 4.90 Å². The van der Waals surface area contributed by atoms with Crippen LogP contribution in [-0.4, -0.2) is 40.7 Å². The predicted octanol–water partition coefficient (Wildman–Crippen LogP) is 4.39.